The van der Waals surface area contributed by atoms with Gasteiger partial charge in [0.25, 0.3) is 0 Å². The van der Waals surface area contributed by atoms with E-state index in [1.54, 1.807) is 7.11 Å². The molecule has 1 aromatic carbocycles. The molecule has 0 saturated carbocycles. The molecule has 0 aliphatic heterocycles. The fourth-order valence-electron chi connectivity index (χ4n) is 2.23. The Morgan fingerprint density at radius 3 is 2.16 bits per heavy atom. The SMILES string of the molecule is CNC(CCC(C)OC)Cc1ccc(C(C)C)cc1. The lowest BCUT2D eigenvalue weighted by molar-refractivity contribution is 0.106. The molecule has 1 aromatic rings. The highest BCUT2D eigenvalue weighted by Crippen LogP contribution is 2.16. The Morgan fingerprint density at radius 2 is 1.68 bits per heavy atom. The van der Waals surface area contributed by atoms with E-state index in [0.717, 1.165) is 19.3 Å². The van der Waals surface area contributed by atoms with Gasteiger partial charge in [0.1, 0.15) is 0 Å². The van der Waals surface area contributed by atoms with Crippen LogP contribution in [0.4, 0.5) is 0 Å². The normalized spacial score (nSPS) is 14.6. The number of hydrogen-bond acceptors (Lipinski definition) is 2. The van der Waals surface area contributed by atoms with Gasteiger partial charge >= 0.3 is 0 Å². The van der Waals surface area contributed by atoms with Crippen molar-refractivity contribution in [3.8, 4) is 0 Å². The minimum absolute atomic E-state index is 0.346. The Morgan fingerprint density at radius 1 is 1.05 bits per heavy atom. The van der Waals surface area contributed by atoms with Crippen molar-refractivity contribution in [1.82, 2.24) is 5.32 Å². The van der Waals surface area contributed by atoms with E-state index in [2.05, 4.69) is 50.4 Å². The van der Waals surface area contributed by atoms with Crippen molar-refractivity contribution < 1.29 is 4.74 Å². The van der Waals surface area contributed by atoms with Crippen LogP contribution in [0, 0.1) is 0 Å². The first-order chi connectivity index (χ1) is 9.06. The first-order valence-electron chi connectivity index (χ1n) is 7.35. The van der Waals surface area contributed by atoms with Gasteiger partial charge in [-0.15, -0.1) is 0 Å². The maximum atomic E-state index is 5.31. The molecule has 0 aromatic heterocycles. The number of hydrogen-bond donors (Lipinski definition) is 1. The topological polar surface area (TPSA) is 21.3 Å². The molecular weight excluding hydrogens is 234 g/mol. The molecule has 0 aliphatic rings. The van der Waals surface area contributed by atoms with Crippen LogP contribution >= 0.6 is 0 Å². The zero-order valence-electron chi connectivity index (χ0n) is 13.1. The summed E-state index contributed by atoms with van der Waals surface area (Å²) in [5, 5.41) is 3.41. The van der Waals surface area contributed by atoms with E-state index in [1.165, 1.54) is 11.1 Å². The number of ether oxygens (including phenoxy) is 1. The van der Waals surface area contributed by atoms with E-state index in [-0.39, 0.29) is 0 Å². The molecule has 0 aliphatic carbocycles. The van der Waals surface area contributed by atoms with Crippen molar-refractivity contribution >= 4 is 0 Å². The maximum Gasteiger partial charge on any atom is 0.0543 e. The summed E-state index contributed by atoms with van der Waals surface area (Å²) in [6.07, 6.45) is 3.69. The predicted octanol–water partition coefficient (Wildman–Crippen LogP) is 3.76. The lowest BCUT2D eigenvalue weighted by atomic mass is 9.97. The van der Waals surface area contributed by atoms with Crippen LogP contribution in [-0.4, -0.2) is 26.3 Å². The van der Waals surface area contributed by atoms with Crippen LogP contribution in [0.2, 0.25) is 0 Å². The van der Waals surface area contributed by atoms with Gasteiger partial charge < -0.3 is 10.1 Å². The van der Waals surface area contributed by atoms with E-state index in [1.807, 2.05) is 7.05 Å². The minimum Gasteiger partial charge on any atom is -0.382 e. The first-order valence-corrected chi connectivity index (χ1v) is 7.35. The lowest BCUT2D eigenvalue weighted by Crippen LogP contribution is -2.28. The number of methoxy groups -OCH3 is 1. The smallest absolute Gasteiger partial charge is 0.0543 e. The van der Waals surface area contributed by atoms with Crippen LogP contribution in [0.3, 0.4) is 0 Å². The lowest BCUT2D eigenvalue weighted by Gasteiger charge is -2.18. The van der Waals surface area contributed by atoms with Crippen molar-refractivity contribution in [3.05, 3.63) is 35.4 Å². The minimum atomic E-state index is 0.346. The summed E-state index contributed by atoms with van der Waals surface area (Å²) in [7, 11) is 3.83. The van der Waals surface area contributed by atoms with Crippen LogP contribution in [0.15, 0.2) is 24.3 Å². The van der Waals surface area contributed by atoms with Gasteiger partial charge in [-0.3, -0.25) is 0 Å². The Balaban J connectivity index is 2.50. The van der Waals surface area contributed by atoms with Crippen molar-refractivity contribution in [2.75, 3.05) is 14.2 Å². The zero-order valence-corrected chi connectivity index (χ0v) is 13.1. The standard InChI is InChI=1S/C17H29NO/c1-13(2)16-9-7-15(8-10-16)12-17(18-4)11-6-14(3)19-5/h7-10,13-14,17-18H,6,11-12H2,1-5H3. The van der Waals surface area contributed by atoms with E-state index in [4.69, 9.17) is 4.74 Å². The Hall–Kier alpha value is -0.860. The van der Waals surface area contributed by atoms with E-state index >= 15 is 0 Å². The molecule has 0 fully saturated rings. The fraction of sp³-hybridized carbons (Fsp3) is 0.647. The Bertz CT molecular complexity index is 345. The largest absolute Gasteiger partial charge is 0.382 e. The molecule has 108 valence electrons. The van der Waals surface area contributed by atoms with Crippen molar-refractivity contribution in [2.45, 2.75) is 58.1 Å². The molecule has 2 nitrogen and oxygen atoms in total. The second kappa shape index (κ2) is 8.34. The van der Waals surface area contributed by atoms with Gasteiger partial charge in [-0.05, 0) is 50.3 Å². The van der Waals surface area contributed by atoms with Crippen LogP contribution in [0.1, 0.15) is 50.7 Å². The maximum absolute atomic E-state index is 5.31. The van der Waals surface area contributed by atoms with Crippen molar-refractivity contribution in [2.24, 2.45) is 0 Å². The molecule has 0 radical (unpaired) electrons. The van der Waals surface area contributed by atoms with Gasteiger partial charge in [0.05, 0.1) is 6.10 Å². The van der Waals surface area contributed by atoms with Gasteiger partial charge in [0.2, 0.25) is 0 Å². The van der Waals surface area contributed by atoms with Gasteiger partial charge in [0.15, 0.2) is 0 Å². The highest BCUT2D eigenvalue weighted by Gasteiger charge is 2.10. The van der Waals surface area contributed by atoms with E-state index in [0.29, 0.717) is 18.1 Å². The third-order valence-corrected chi connectivity index (χ3v) is 3.86. The molecule has 0 saturated heterocycles. The number of nitrogens with one attached hydrogen (secondary N) is 1. The quantitative estimate of drug-likeness (QED) is 0.771. The second-order valence-electron chi connectivity index (χ2n) is 5.71. The van der Waals surface area contributed by atoms with Crippen LogP contribution in [0.25, 0.3) is 0 Å². The summed E-state index contributed by atoms with van der Waals surface area (Å²) in [6, 6.07) is 9.57. The molecule has 0 spiro atoms. The van der Waals surface area contributed by atoms with Crippen molar-refractivity contribution in [3.63, 3.8) is 0 Å². The Labute approximate surface area is 118 Å². The van der Waals surface area contributed by atoms with Gasteiger partial charge in [0, 0.05) is 13.2 Å². The summed E-state index contributed by atoms with van der Waals surface area (Å²) in [5.74, 6) is 0.608. The Kier molecular flexibility index (Phi) is 7.11. The summed E-state index contributed by atoms with van der Waals surface area (Å²) in [6.45, 7) is 6.60. The molecule has 1 rings (SSSR count). The molecule has 2 atom stereocenters. The predicted molar refractivity (Wildman–Crippen MR) is 82.8 cm³/mol. The van der Waals surface area contributed by atoms with Gasteiger partial charge in [-0.2, -0.15) is 0 Å². The molecule has 2 heteroatoms. The van der Waals surface area contributed by atoms with Crippen LogP contribution in [-0.2, 0) is 11.2 Å². The summed E-state index contributed by atoms with van der Waals surface area (Å²) in [5.41, 5.74) is 2.83. The summed E-state index contributed by atoms with van der Waals surface area (Å²) < 4.78 is 5.31. The molecule has 0 amide bonds. The van der Waals surface area contributed by atoms with Crippen LogP contribution < -0.4 is 5.32 Å². The van der Waals surface area contributed by atoms with Gasteiger partial charge in [-0.1, -0.05) is 38.1 Å². The average molecular weight is 263 g/mol. The zero-order chi connectivity index (χ0) is 14.3. The average Bonchev–Trinajstić information content (AvgIpc) is 2.43. The van der Waals surface area contributed by atoms with E-state index in [9.17, 15) is 0 Å². The number of likely N-dealkylation sites (N-methyl/N-ethyl adjacent to an activating group) is 1. The molecular formula is C17H29NO. The molecule has 0 bridgehead atoms. The fourth-order valence-corrected chi connectivity index (χ4v) is 2.23. The van der Waals surface area contributed by atoms with Crippen LogP contribution in [0.5, 0.6) is 0 Å². The molecule has 19 heavy (non-hydrogen) atoms. The van der Waals surface area contributed by atoms with E-state index < -0.39 is 0 Å². The highest BCUT2D eigenvalue weighted by atomic mass is 16.5. The molecule has 2 unspecified atom stereocenters. The number of rotatable bonds is 8. The third kappa shape index (κ3) is 5.75. The third-order valence-electron chi connectivity index (χ3n) is 3.86. The summed E-state index contributed by atoms with van der Waals surface area (Å²) >= 11 is 0. The monoisotopic (exact) mass is 263 g/mol. The second-order valence-corrected chi connectivity index (χ2v) is 5.71. The summed E-state index contributed by atoms with van der Waals surface area (Å²) in [4.78, 5) is 0. The number of benzene rings is 1. The molecule has 1 N–H and O–H groups in total. The molecule has 0 heterocycles. The van der Waals surface area contributed by atoms with Gasteiger partial charge in [-0.25, -0.2) is 0 Å². The van der Waals surface area contributed by atoms with Crippen molar-refractivity contribution in [1.29, 1.82) is 0 Å². The first kappa shape index (κ1) is 16.2. The highest BCUT2D eigenvalue weighted by molar-refractivity contribution is 5.25.